The van der Waals surface area contributed by atoms with Crippen molar-refractivity contribution in [1.82, 2.24) is 4.57 Å². The number of hydrogen-bond acceptors (Lipinski definition) is 5. The maximum Gasteiger partial charge on any atom is 0.308 e. The molecular weight excluding hydrogens is 394 g/mol. The zero-order valence-corrected chi connectivity index (χ0v) is 18.6. The molecule has 1 atom stereocenters. The molecule has 1 unspecified atom stereocenters. The standard InChI is InChI=1S/C23H25N3O3Si/c1-5-29-22-9-7-17(30(4)28)11-20(22)21-14-26(3)23(27)18-8-6-15(10-19(18)21)16(12-24)13-25-2/h6-14,16,24H,5H2,1-4H3. The van der Waals surface area contributed by atoms with Gasteiger partial charge in [0.15, 0.2) is 0 Å². The van der Waals surface area contributed by atoms with E-state index in [1.807, 2.05) is 37.3 Å². The molecule has 2 aromatic carbocycles. The van der Waals surface area contributed by atoms with Gasteiger partial charge in [-0.15, -0.1) is 0 Å². The van der Waals surface area contributed by atoms with Crippen molar-refractivity contribution in [3.8, 4) is 16.9 Å². The normalized spacial score (nSPS) is 12.3. The third kappa shape index (κ3) is 4.07. The minimum absolute atomic E-state index is 0.103. The van der Waals surface area contributed by atoms with Crippen LogP contribution in [0.1, 0.15) is 18.4 Å². The zero-order chi connectivity index (χ0) is 21.8. The molecule has 154 valence electrons. The quantitative estimate of drug-likeness (QED) is 0.471. The lowest BCUT2D eigenvalue weighted by atomic mass is 9.94. The first-order valence-electron chi connectivity index (χ1n) is 9.75. The molecule has 0 amide bonds. The largest absolute Gasteiger partial charge is 0.493 e. The Morgan fingerprint density at radius 2 is 1.97 bits per heavy atom. The summed E-state index contributed by atoms with van der Waals surface area (Å²) in [5, 5.41) is 9.83. The Labute approximate surface area is 177 Å². The third-order valence-electron chi connectivity index (χ3n) is 5.06. The zero-order valence-electron chi connectivity index (χ0n) is 17.6. The van der Waals surface area contributed by atoms with Gasteiger partial charge in [-0.25, -0.2) is 0 Å². The van der Waals surface area contributed by atoms with E-state index < -0.39 is 8.68 Å². The van der Waals surface area contributed by atoms with Crippen LogP contribution in [-0.2, 0) is 11.5 Å². The van der Waals surface area contributed by atoms with Gasteiger partial charge in [0.05, 0.1) is 12.5 Å². The Morgan fingerprint density at radius 3 is 2.60 bits per heavy atom. The van der Waals surface area contributed by atoms with Crippen molar-refractivity contribution in [2.45, 2.75) is 19.4 Å². The molecule has 0 aliphatic heterocycles. The van der Waals surface area contributed by atoms with Crippen LogP contribution < -0.4 is 15.5 Å². The van der Waals surface area contributed by atoms with Crippen molar-refractivity contribution in [1.29, 1.82) is 5.41 Å². The minimum Gasteiger partial charge on any atom is -0.493 e. The summed E-state index contributed by atoms with van der Waals surface area (Å²) in [5.41, 5.74) is 2.38. The number of nitrogens with one attached hydrogen (secondary N) is 1. The Kier molecular flexibility index (Phi) is 6.52. The monoisotopic (exact) mass is 419 g/mol. The van der Waals surface area contributed by atoms with Crippen molar-refractivity contribution >= 4 is 37.1 Å². The summed E-state index contributed by atoms with van der Waals surface area (Å²) < 4.78 is 19.6. The van der Waals surface area contributed by atoms with Crippen LogP contribution in [0.3, 0.4) is 0 Å². The van der Waals surface area contributed by atoms with Crippen LogP contribution in [0.2, 0.25) is 6.55 Å². The number of fused-ring (bicyclic) bond motifs is 1. The van der Waals surface area contributed by atoms with Crippen LogP contribution in [0.5, 0.6) is 5.75 Å². The molecule has 1 N–H and O–H groups in total. The number of aliphatic imine (C=N–C) groups is 1. The van der Waals surface area contributed by atoms with Crippen LogP contribution in [-0.4, -0.2) is 39.3 Å². The van der Waals surface area contributed by atoms with Gasteiger partial charge in [0.1, 0.15) is 5.75 Å². The lowest BCUT2D eigenvalue weighted by molar-refractivity contribution is 0.341. The van der Waals surface area contributed by atoms with Gasteiger partial charge in [0.25, 0.3) is 5.56 Å². The summed E-state index contributed by atoms with van der Waals surface area (Å²) in [5.74, 6) is 0.398. The van der Waals surface area contributed by atoms with Crippen molar-refractivity contribution in [3.63, 3.8) is 0 Å². The number of aromatic nitrogens is 1. The van der Waals surface area contributed by atoms with Gasteiger partial charge in [-0.1, -0.05) is 12.1 Å². The number of rotatable bonds is 7. The van der Waals surface area contributed by atoms with Crippen molar-refractivity contribution in [2.75, 3.05) is 13.7 Å². The maximum atomic E-state index is 12.8. The first kappa shape index (κ1) is 21.5. The number of aryl methyl sites for hydroxylation is 1. The second-order valence-electron chi connectivity index (χ2n) is 7.06. The first-order valence-corrected chi connectivity index (χ1v) is 11.7. The van der Waals surface area contributed by atoms with E-state index in [2.05, 4.69) is 4.99 Å². The predicted molar refractivity (Wildman–Crippen MR) is 124 cm³/mol. The fourth-order valence-electron chi connectivity index (χ4n) is 3.53. The summed E-state index contributed by atoms with van der Waals surface area (Å²) in [4.78, 5) is 16.8. The first-order chi connectivity index (χ1) is 14.4. The van der Waals surface area contributed by atoms with E-state index in [1.165, 1.54) is 6.21 Å². The predicted octanol–water partition coefficient (Wildman–Crippen LogP) is 3.30. The van der Waals surface area contributed by atoms with Gasteiger partial charge in [-0.2, -0.15) is 0 Å². The molecule has 0 aliphatic carbocycles. The fraction of sp³-hybridized carbons (Fsp3) is 0.261. The molecule has 0 saturated carbocycles. The van der Waals surface area contributed by atoms with Crippen LogP contribution in [0.15, 0.2) is 52.4 Å². The molecule has 30 heavy (non-hydrogen) atoms. The minimum atomic E-state index is -1.90. The smallest absolute Gasteiger partial charge is 0.308 e. The van der Waals surface area contributed by atoms with Crippen molar-refractivity contribution in [3.05, 3.63) is 58.5 Å². The summed E-state index contributed by atoms with van der Waals surface area (Å²) in [6, 6.07) is 11.1. The SMILES string of the molecule is CCOc1ccc([Si](C)=O)cc1-c1cn(C)c(=O)c2ccc(C(C=N)C=NC)cc12. The molecule has 1 aromatic heterocycles. The van der Waals surface area contributed by atoms with Gasteiger partial charge in [0, 0.05) is 49.2 Å². The van der Waals surface area contributed by atoms with E-state index >= 15 is 0 Å². The lowest BCUT2D eigenvalue weighted by Gasteiger charge is -2.16. The average Bonchev–Trinajstić information content (AvgIpc) is 2.74. The summed E-state index contributed by atoms with van der Waals surface area (Å²) >= 11 is 0. The number of pyridine rings is 1. The molecule has 6 nitrogen and oxygen atoms in total. The van der Waals surface area contributed by atoms with Gasteiger partial charge in [-0.05, 0) is 53.9 Å². The van der Waals surface area contributed by atoms with Crippen molar-refractivity contribution < 1.29 is 9.20 Å². The molecule has 0 fully saturated rings. The second kappa shape index (κ2) is 9.09. The second-order valence-corrected chi connectivity index (χ2v) is 8.75. The summed E-state index contributed by atoms with van der Waals surface area (Å²) in [7, 11) is 1.49. The van der Waals surface area contributed by atoms with Crippen LogP contribution >= 0.6 is 0 Å². The molecule has 3 rings (SSSR count). The summed E-state index contributed by atoms with van der Waals surface area (Å²) in [6.45, 7) is 4.11. The van der Waals surface area contributed by atoms with E-state index in [1.54, 1.807) is 43.7 Å². The molecule has 7 heteroatoms. The molecule has 0 radical (unpaired) electrons. The average molecular weight is 420 g/mol. The Balaban J connectivity index is 2.39. The number of hydrogen-bond donors (Lipinski definition) is 1. The molecule has 0 bridgehead atoms. The van der Waals surface area contributed by atoms with E-state index in [0.29, 0.717) is 17.7 Å². The molecule has 1 heterocycles. The van der Waals surface area contributed by atoms with Crippen LogP contribution in [0.4, 0.5) is 0 Å². The maximum absolute atomic E-state index is 12.8. The van der Waals surface area contributed by atoms with E-state index in [-0.39, 0.29) is 11.5 Å². The van der Waals surface area contributed by atoms with E-state index in [0.717, 1.165) is 27.3 Å². The molecular formula is C23H25N3O3Si. The highest BCUT2D eigenvalue weighted by molar-refractivity contribution is 6.58. The van der Waals surface area contributed by atoms with E-state index in [4.69, 9.17) is 10.1 Å². The van der Waals surface area contributed by atoms with Crippen molar-refractivity contribution in [2.24, 2.45) is 12.0 Å². The molecule has 3 aromatic rings. The molecule has 0 spiro atoms. The van der Waals surface area contributed by atoms with Gasteiger partial charge in [-0.3, -0.25) is 9.79 Å². The number of ether oxygens (including phenoxy) is 1. The highest BCUT2D eigenvalue weighted by Crippen LogP contribution is 2.34. The van der Waals surface area contributed by atoms with Gasteiger partial charge >= 0.3 is 8.68 Å². The molecule has 0 aliphatic rings. The van der Waals surface area contributed by atoms with Gasteiger partial charge < -0.3 is 19.2 Å². The third-order valence-corrected chi connectivity index (χ3v) is 6.18. The highest BCUT2D eigenvalue weighted by atomic mass is 28.3. The lowest BCUT2D eigenvalue weighted by Crippen LogP contribution is -2.19. The topological polar surface area (TPSA) is 84.5 Å². The number of nitrogens with zero attached hydrogens (tertiary/aromatic N) is 2. The summed E-state index contributed by atoms with van der Waals surface area (Å²) in [6.07, 6.45) is 4.81. The Bertz CT molecular complexity index is 1210. The number of benzene rings is 2. The Hall–Kier alpha value is -3.19. The van der Waals surface area contributed by atoms with Gasteiger partial charge in [0.2, 0.25) is 0 Å². The molecule has 0 saturated heterocycles. The Morgan fingerprint density at radius 1 is 1.20 bits per heavy atom. The van der Waals surface area contributed by atoms with E-state index in [9.17, 15) is 9.26 Å². The van der Waals surface area contributed by atoms with Crippen LogP contribution in [0, 0.1) is 5.41 Å². The highest BCUT2D eigenvalue weighted by Gasteiger charge is 2.17. The van der Waals surface area contributed by atoms with Crippen LogP contribution in [0.25, 0.3) is 21.9 Å². The fourth-order valence-corrected chi connectivity index (χ4v) is 4.20.